The Balaban J connectivity index is 1.68. The molecule has 1 saturated carbocycles. The normalized spacial score (nSPS) is 22.8. The molecule has 0 amide bonds. The number of aryl methyl sites for hydroxylation is 1. The maximum atomic E-state index is 11.5. The van der Waals surface area contributed by atoms with Crippen molar-refractivity contribution >= 4 is 6.16 Å². The van der Waals surface area contributed by atoms with Crippen LogP contribution in [0.4, 0.5) is 4.79 Å². The highest BCUT2D eigenvalue weighted by atomic mass is 16.8. The van der Waals surface area contributed by atoms with Crippen LogP contribution in [0.5, 0.6) is 0 Å². The second kappa shape index (κ2) is 5.70. The largest absolute Gasteiger partial charge is 0.514 e. The van der Waals surface area contributed by atoms with E-state index in [0.717, 1.165) is 44.3 Å². The lowest BCUT2D eigenvalue weighted by Gasteiger charge is -2.30. The summed E-state index contributed by atoms with van der Waals surface area (Å²) in [6.07, 6.45) is 8.57. The molecule has 1 aliphatic heterocycles. The van der Waals surface area contributed by atoms with Crippen LogP contribution in [-0.4, -0.2) is 11.8 Å². The minimum atomic E-state index is -0.530. The van der Waals surface area contributed by atoms with Crippen molar-refractivity contribution in [2.24, 2.45) is 0 Å². The molecule has 2 fully saturated rings. The predicted octanol–water partition coefficient (Wildman–Crippen LogP) is 4.37. The SMILES string of the molecule is O=C1O/C(=C\CCc2ccccc2)C2(CCCCC2)O1. The van der Waals surface area contributed by atoms with E-state index in [4.69, 9.17) is 9.47 Å². The fraction of sp³-hybridized carbons (Fsp3) is 0.471. The van der Waals surface area contributed by atoms with Crippen LogP contribution in [0.15, 0.2) is 42.2 Å². The number of hydrogen-bond acceptors (Lipinski definition) is 3. The van der Waals surface area contributed by atoms with Gasteiger partial charge < -0.3 is 9.47 Å². The Bertz CT molecular complexity index is 498. The van der Waals surface area contributed by atoms with Gasteiger partial charge in [-0.2, -0.15) is 0 Å². The summed E-state index contributed by atoms with van der Waals surface area (Å²) in [6.45, 7) is 0. The van der Waals surface area contributed by atoms with Crippen molar-refractivity contribution in [1.82, 2.24) is 0 Å². The van der Waals surface area contributed by atoms with Gasteiger partial charge >= 0.3 is 6.16 Å². The summed E-state index contributed by atoms with van der Waals surface area (Å²) < 4.78 is 10.8. The van der Waals surface area contributed by atoms with Gasteiger partial charge in [0, 0.05) is 0 Å². The summed E-state index contributed by atoms with van der Waals surface area (Å²) in [6, 6.07) is 10.3. The number of hydrogen-bond donors (Lipinski definition) is 0. The van der Waals surface area contributed by atoms with E-state index in [1.54, 1.807) is 0 Å². The van der Waals surface area contributed by atoms with Crippen molar-refractivity contribution in [3.05, 3.63) is 47.7 Å². The third kappa shape index (κ3) is 2.72. The number of carbonyl (C=O) groups is 1. The van der Waals surface area contributed by atoms with Gasteiger partial charge in [0.15, 0.2) is 11.4 Å². The Morgan fingerprint density at radius 2 is 1.85 bits per heavy atom. The monoisotopic (exact) mass is 272 g/mol. The molecule has 1 heterocycles. The Morgan fingerprint density at radius 1 is 1.10 bits per heavy atom. The molecular formula is C17H20O3. The Hall–Kier alpha value is -1.77. The van der Waals surface area contributed by atoms with Crippen molar-refractivity contribution in [2.75, 3.05) is 0 Å². The van der Waals surface area contributed by atoms with Gasteiger partial charge in [0.25, 0.3) is 0 Å². The highest BCUT2D eigenvalue weighted by molar-refractivity contribution is 5.66. The van der Waals surface area contributed by atoms with Crippen LogP contribution in [0.3, 0.4) is 0 Å². The van der Waals surface area contributed by atoms with Gasteiger partial charge in [0.05, 0.1) is 0 Å². The first-order valence-electron chi connectivity index (χ1n) is 7.44. The van der Waals surface area contributed by atoms with E-state index < -0.39 is 11.8 Å². The molecule has 1 aromatic carbocycles. The van der Waals surface area contributed by atoms with E-state index in [2.05, 4.69) is 12.1 Å². The molecule has 3 rings (SSSR count). The lowest BCUT2D eigenvalue weighted by molar-refractivity contribution is 0.0386. The van der Waals surface area contributed by atoms with Gasteiger partial charge in [0.1, 0.15) is 0 Å². The van der Waals surface area contributed by atoms with Gasteiger partial charge in [-0.3, -0.25) is 0 Å². The number of rotatable bonds is 3. The van der Waals surface area contributed by atoms with Gasteiger partial charge in [-0.05, 0) is 50.2 Å². The van der Waals surface area contributed by atoms with Crippen molar-refractivity contribution < 1.29 is 14.3 Å². The first-order valence-corrected chi connectivity index (χ1v) is 7.44. The van der Waals surface area contributed by atoms with Crippen molar-refractivity contribution in [2.45, 2.75) is 50.5 Å². The Labute approximate surface area is 119 Å². The first kappa shape index (κ1) is 13.2. The molecule has 1 aromatic rings. The molecule has 20 heavy (non-hydrogen) atoms. The summed E-state index contributed by atoms with van der Waals surface area (Å²) in [5, 5.41) is 0. The average Bonchev–Trinajstić information content (AvgIpc) is 2.76. The third-order valence-electron chi connectivity index (χ3n) is 4.19. The first-order chi connectivity index (χ1) is 9.78. The minimum Gasteiger partial charge on any atom is -0.419 e. The van der Waals surface area contributed by atoms with Crippen molar-refractivity contribution in [3.63, 3.8) is 0 Å². The molecule has 1 spiro atoms. The van der Waals surface area contributed by atoms with Gasteiger partial charge in [-0.15, -0.1) is 0 Å². The van der Waals surface area contributed by atoms with Crippen molar-refractivity contribution in [3.8, 4) is 0 Å². The summed E-state index contributed by atoms with van der Waals surface area (Å²) in [7, 11) is 0. The zero-order chi connectivity index (χ0) is 13.8. The van der Waals surface area contributed by atoms with E-state index in [1.165, 1.54) is 12.0 Å². The summed E-state index contributed by atoms with van der Waals surface area (Å²) in [4.78, 5) is 11.5. The van der Waals surface area contributed by atoms with Gasteiger partial charge in [-0.25, -0.2) is 4.79 Å². The Kier molecular flexibility index (Phi) is 3.77. The van der Waals surface area contributed by atoms with E-state index >= 15 is 0 Å². The standard InChI is InChI=1S/C17H20O3/c18-16-19-15(17(20-16)12-5-2-6-13-17)11-7-10-14-8-3-1-4-9-14/h1,3-4,8-9,11H,2,5-7,10,12-13H2/b15-11-. The van der Waals surface area contributed by atoms with E-state index in [1.807, 2.05) is 24.3 Å². The topological polar surface area (TPSA) is 35.5 Å². The lowest BCUT2D eigenvalue weighted by atomic mass is 9.83. The van der Waals surface area contributed by atoms with Gasteiger partial charge in [0.2, 0.25) is 0 Å². The van der Waals surface area contributed by atoms with Crippen LogP contribution >= 0.6 is 0 Å². The van der Waals surface area contributed by atoms with Crippen LogP contribution in [-0.2, 0) is 15.9 Å². The second-order valence-corrected chi connectivity index (χ2v) is 5.60. The number of carbonyl (C=O) groups excluding carboxylic acids is 1. The highest BCUT2D eigenvalue weighted by Gasteiger charge is 2.47. The van der Waals surface area contributed by atoms with Crippen LogP contribution in [0.25, 0.3) is 0 Å². The molecule has 0 N–H and O–H groups in total. The maximum absolute atomic E-state index is 11.5. The molecule has 3 nitrogen and oxygen atoms in total. The Morgan fingerprint density at radius 3 is 2.60 bits per heavy atom. The smallest absolute Gasteiger partial charge is 0.419 e. The number of ether oxygens (including phenoxy) is 2. The molecule has 0 bridgehead atoms. The van der Waals surface area contributed by atoms with Crippen LogP contribution in [0.1, 0.15) is 44.1 Å². The fourth-order valence-corrected chi connectivity index (χ4v) is 3.13. The molecule has 0 unspecified atom stereocenters. The van der Waals surface area contributed by atoms with Crippen LogP contribution in [0.2, 0.25) is 0 Å². The third-order valence-corrected chi connectivity index (χ3v) is 4.19. The molecule has 0 atom stereocenters. The second-order valence-electron chi connectivity index (χ2n) is 5.60. The van der Waals surface area contributed by atoms with E-state index in [0.29, 0.717) is 0 Å². The zero-order valence-electron chi connectivity index (χ0n) is 11.6. The molecule has 106 valence electrons. The molecule has 0 radical (unpaired) electrons. The molecule has 1 saturated heterocycles. The molecule has 2 aliphatic rings. The van der Waals surface area contributed by atoms with Crippen LogP contribution in [0, 0.1) is 0 Å². The lowest BCUT2D eigenvalue weighted by Crippen LogP contribution is -2.32. The van der Waals surface area contributed by atoms with E-state index in [9.17, 15) is 4.79 Å². The van der Waals surface area contributed by atoms with E-state index in [-0.39, 0.29) is 0 Å². The quantitative estimate of drug-likeness (QED) is 0.766. The summed E-state index contributed by atoms with van der Waals surface area (Å²) in [5.74, 6) is 0.748. The summed E-state index contributed by atoms with van der Waals surface area (Å²) in [5.41, 5.74) is 0.846. The molecule has 1 aliphatic carbocycles. The predicted molar refractivity (Wildman–Crippen MR) is 76.2 cm³/mol. The highest BCUT2D eigenvalue weighted by Crippen LogP contribution is 2.42. The van der Waals surface area contributed by atoms with Crippen LogP contribution < -0.4 is 0 Å². The maximum Gasteiger partial charge on any atom is 0.514 e. The molecule has 0 aromatic heterocycles. The summed E-state index contributed by atoms with van der Waals surface area (Å²) >= 11 is 0. The zero-order valence-corrected chi connectivity index (χ0v) is 11.6. The minimum absolute atomic E-state index is 0.452. The molecular weight excluding hydrogens is 252 g/mol. The number of allylic oxidation sites excluding steroid dienone is 1. The average molecular weight is 272 g/mol. The van der Waals surface area contributed by atoms with Gasteiger partial charge in [-0.1, -0.05) is 36.8 Å². The number of cyclic esters (lactones) is 1. The fourth-order valence-electron chi connectivity index (χ4n) is 3.13. The van der Waals surface area contributed by atoms with Crippen molar-refractivity contribution in [1.29, 1.82) is 0 Å². The molecule has 3 heteroatoms. The number of benzene rings is 1.